The molecular weight excluding hydrogens is 269 g/mol. The van der Waals surface area contributed by atoms with E-state index in [0.29, 0.717) is 11.3 Å². The predicted octanol–water partition coefficient (Wildman–Crippen LogP) is 4.06. The molecule has 0 bridgehead atoms. The Hall–Kier alpha value is -1.94. The third-order valence-electron chi connectivity index (χ3n) is 2.73. The van der Waals surface area contributed by atoms with E-state index >= 15 is 0 Å². The molecule has 100 valence electrons. The van der Waals surface area contributed by atoms with Crippen molar-refractivity contribution in [2.45, 2.75) is 13.0 Å². The Morgan fingerprint density at radius 3 is 2.32 bits per heavy atom. The summed E-state index contributed by atoms with van der Waals surface area (Å²) in [5, 5.41) is 22.0. The molecule has 2 aromatic rings. The van der Waals surface area contributed by atoms with Crippen LogP contribution in [-0.2, 0) is 0 Å². The van der Waals surface area contributed by atoms with Crippen molar-refractivity contribution in [3.05, 3.63) is 52.8 Å². The van der Waals surface area contributed by atoms with Crippen LogP contribution < -0.4 is 5.32 Å². The van der Waals surface area contributed by atoms with Gasteiger partial charge in [0.25, 0.3) is 0 Å². The first-order chi connectivity index (χ1) is 8.95. The lowest BCUT2D eigenvalue weighted by Gasteiger charge is -2.16. The Morgan fingerprint density at radius 1 is 1.11 bits per heavy atom. The summed E-state index contributed by atoms with van der Waals surface area (Å²) < 4.78 is 13.3. The van der Waals surface area contributed by atoms with Crippen LogP contribution in [0.25, 0.3) is 0 Å². The number of halogens is 2. The first-order valence-corrected chi connectivity index (χ1v) is 6.08. The highest BCUT2D eigenvalue weighted by Crippen LogP contribution is 2.28. The molecule has 0 saturated carbocycles. The van der Waals surface area contributed by atoms with Crippen LogP contribution >= 0.6 is 11.6 Å². The molecule has 0 aliphatic rings. The summed E-state index contributed by atoms with van der Waals surface area (Å²) in [7, 11) is 0. The molecule has 0 spiro atoms. The molecule has 1 atom stereocenters. The Bertz CT molecular complexity index is 584. The van der Waals surface area contributed by atoms with E-state index in [-0.39, 0.29) is 22.6 Å². The summed E-state index contributed by atoms with van der Waals surface area (Å²) in [4.78, 5) is 0. The number of hydrogen-bond donors (Lipinski definition) is 3. The Balaban J connectivity index is 2.20. The molecule has 3 nitrogen and oxygen atoms in total. The standard InChI is InChI=1S/C14H13ClFNO2/c1-8(9-4-11(18)7-12(19)5-9)17-10-2-3-13(15)14(16)6-10/h2-8,17-19H,1H3. The number of aromatic hydroxyl groups is 2. The summed E-state index contributed by atoms with van der Waals surface area (Å²) in [6, 6.07) is 8.52. The van der Waals surface area contributed by atoms with Gasteiger partial charge >= 0.3 is 0 Å². The van der Waals surface area contributed by atoms with Gasteiger partial charge in [0.15, 0.2) is 0 Å². The van der Waals surface area contributed by atoms with E-state index in [1.807, 2.05) is 6.92 Å². The Labute approximate surface area is 115 Å². The van der Waals surface area contributed by atoms with E-state index in [1.165, 1.54) is 30.3 Å². The van der Waals surface area contributed by atoms with E-state index in [0.717, 1.165) is 0 Å². The molecule has 0 saturated heterocycles. The van der Waals surface area contributed by atoms with E-state index < -0.39 is 5.82 Å². The topological polar surface area (TPSA) is 52.5 Å². The van der Waals surface area contributed by atoms with Crippen LogP contribution in [0, 0.1) is 5.82 Å². The van der Waals surface area contributed by atoms with Gasteiger partial charge in [-0.3, -0.25) is 0 Å². The second-order valence-electron chi connectivity index (χ2n) is 4.28. The largest absolute Gasteiger partial charge is 0.508 e. The van der Waals surface area contributed by atoms with Crippen LogP contribution in [0.2, 0.25) is 5.02 Å². The van der Waals surface area contributed by atoms with Gasteiger partial charge in [-0.2, -0.15) is 0 Å². The molecule has 2 rings (SSSR count). The quantitative estimate of drug-likeness (QED) is 0.795. The molecular formula is C14H13ClFNO2. The van der Waals surface area contributed by atoms with E-state index in [9.17, 15) is 14.6 Å². The fourth-order valence-electron chi connectivity index (χ4n) is 1.79. The average molecular weight is 282 g/mol. The van der Waals surface area contributed by atoms with Gasteiger partial charge in [-0.05, 0) is 42.8 Å². The number of phenols is 2. The maximum absolute atomic E-state index is 13.3. The molecule has 0 fully saturated rings. The Kier molecular flexibility index (Phi) is 3.81. The fourth-order valence-corrected chi connectivity index (χ4v) is 1.90. The zero-order chi connectivity index (χ0) is 14.0. The first kappa shape index (κ1) is 13.5. The molecule has 19 heavy (non-hydrogen) atoms. The van der Waals surface area contributed by atoms with Crippen LogP contribution in [0.3, 0.4) is 0 Å². The van der Waals surface area contributed by atoms with Crippen molar-refractivity contribution in [3.63, 3.8) is 0 Å². The maximum Gasteiger partial charge on any atom is 0.143 e. The van der Waals surface area contributed by atoms with Crippen LogP contribution in [0.15, 0.2) is 36.4 Å². The predicted molar refractivity (Wildman–Crippen MR) is 73.2 cm³/mol. The van der Waals surface area contributed by atoms with Crippen molar-refractivity contribution in [1.29, 1.82) is 0 Å². The number of rotatable bonds is 3. The number of benzene rings is 2. The maximum atomic E-state index is 13.3. The highest BCUT2D eigenvalue weighted by molar-refractivity contribution is 6.30. The van der Waals surface area contributed by atoms with Gasteiger partial charge in [0, 0.05) is 17.8 Å². The zero-order valence-corrected chi connectivity index (χ0v) is 10.9. The lowest BCUT2D eigenvalue weighted by atomic mass is 10.1. The highest BCUT2D eigenvalue weighted by Gasteiger charge is 2.09. The highest BCUT2D eigenvalue weighted by atomic mass is 35.5. The number of hydrogen-bond acceptors (Lipinski definition) is 3. The summed E-state index contributed by atoms with van der Waals surface area (Å²) >= 11 is 5.61. The van der Waals surface area contributed by atoms with Gasteiger partial charge in [0.1, 0.15) is 17.3 Å². The third kappa shape index (κ3) is 3.29. The lowest BCUT2D eigenvalue weighted by molar-refractivity contribution is 0.448. The Morgan fingerprint density at radius 2 is 1.74 bits per heavy atom. The molecule has 0 aliphatic carbocycles. The smallest absolute Gasteiger partial charge is 0.143 e. The van der Waals surface area contributed by atoms with Crippen molar-refractivity contribution < 1.29 is 14.6 Å². The third-order valence-corrected chi connectivity index (χ3v) is 3.03. The van der Waals surface area contributed by atoms with E-state index in [1.54, 1.807) is 6.07 Å². The number of anilines is 1. The monoisotopic (exact) mass is 281 g/mol. The summed E-state index contributed by atoms with van der Waals surface area (Å²) in [6.45, 7) is 1.83. The van der Waals surface area contributed by atoms with Crippen LogP contribution in [0.1, 0.15) is 18.5 Å². The van der Waals surface area contributed by atoms with Gasteiger partial charge in [-0.25, -0.2) is 4.39 Å². The van der Waals surface area contributed by atoms with Crippen molar-refractivity contribution in [2.24, 2.45) is 0 Å². The van der Waals surface area contributed by atoms with Gasteiger partial charge < -0.3 is 15.5 Å². The van der Waals surface area contributed by atoms with Crippen LogP contribution in [0.4, 0.5) is 10.1 Å². The second kappa shape index (κ2) is 5.36. The minimum Gasteiger partial charge on any atom is -0.508 e. The molecule has 0 aromatic heterocycles. The first-order valence-electron chi connectivity index (χ1n) is 5.70. The van der Waals surface area contributed by atoms with E-state index in [2.05, 4.69) is 5.32 Å². The molecule has 5 heteroatoms. The molecule has 0 aliphatic heterocycles. The van der Waals surface area contributed by atoms with Gasteiger partial charge in [0.05, 0.1) is 5.02 Å². The minimum absolute atomic E-state index is 0.0223. The average Bonchev–Trinajstić information content (AvgIpc) is 2.32. The normalized spacial score (nSPS) is 12.2. The van der Waals surface area contributed by atoms with Crippen molar-refractivity contribution in [3.8, 4) is 11.5 Å². The van der Waals surface area contributed by atoms with E-state index in [4.69, 9.17) is 11.6 Å². The number of phenolic OH excluding ortho intramolecular Hbond substituents is 2. The minimum atomic E-state index is -0.502. The molecule has 2 aromatic carbocycles. The van der Waals surface area contributed by atoms with Crippen molar-refractivity contribution in [2.75, 3.05) is 5.32 Å². The molecule has 0 radical (unpaired) electrons. The summed E-state index contributed by atoms with van der Waals surface area (Å²) in [6.07, 6.45) is 0. The molecule has 1 unspecified atom stereocenters. The van der Waals surface area contributed by atoms with Gasteiger partial charge in [-0.15, -0.1) is 0 Å². The molecule has 3 N–H and O–H groups in total. The summed E-state index contributed by atoms with van der Waals surface area (Å²) in [5.41, 5.74) is 1.25. The van der Waals surface area contributed by atoms with Gasteiger partial charge in [-0.1, -0.05) is 11.6 Å². The molecule has 0 heterocycles. The van der Waals surface area contributed by atoms with Crippen molar-refractivity contribution >= 4 is 17.3 Å². The van der Waals surface area contributed by atoms with Crippen LogP contribution in [-0.4, -0.2) is 10.2 Å². The zero-order valence-electron chi connectivity index (χ0n) is 10.2. The SMILES string of the molecule is CC(Nc1ccc(Cl)c(F)c1)c1cc(O)cc(O)c1. The lowest BCUT2D eigenvalue weighted by Crippen LogP contribution is -2.06. The van der Waals surface area contributed by atoms with Crippen molar-refractivity contribution in [1.82, 2.24) is 0 Å². The molecule has 0 amide bonds. The fraction of sp³-hybridized carbons (Fsp3) is 0.143. The second-order valence-corrected chi connectivity index (χ2v) is 4.68. The van der Waals surface area contributed by atoms with Crippen LogP contribution in [0.5, 0.6) is 11.5 Å². The van der Waals surface area contributed by atoms with Gasteiger partial charge in [0.2, 0.25) is 0 Å². The summed E-state index contributed by atoms with van der Waals surface area (Å²) in [5.74, 6) is -0.547. The number of nitrogens with one attached hydrogen (secondary N) is 1.